The van der Waals surface area contributed by atoms with Crippen LogP contribution in [0.25, 0.3) is 0 Å². The van der Waals surface area contributed by atoms with Crippen LogP contribution < -0.4 is 5.32 Å². The Morgan fingerprint density at radius 2 is 2.20 bits per heavy atom. The molecule has 20 heavy (non-hydrogen) atoms. The second kappa shape index (κ2) is 5.58. The summed E-state index contributed by atoms with van der Waals surface area (Å²) in [5.74, 6) is -1.99. The number of amides is 1. The van der Waals surface area contributed by atoms with Crippen LogP contribution in [-0.4, -0.2) is 35.7 Å². The van der Waals surface area contributed by atoms with Crippen molar-refractivity contribution in [1.29, 1.82) is 0 Å². The van der Waals surface area contributed by atoms with Gasteiger partial charge in [-0.1, -0.05) is 0 Å². The highest BCUT2D eigenvalue weighted by atomic mass is 19.1. The van der Waals surface area contributed by atoms with Crippen molar-refractivity contribution in [3.63, 3.8) is 0 Å². The molecule has 1 aliphatic rings. The molecule has 1 heterocycles. The molecule has 0 aromatic heterocycles. The van der Waals surface area contributed by atoms with Gasteiger partial charge in [-0.15, -0.1) is 0 Å². The molecule has 5 nitrogen and oxygen atoms in total. The number of carboxylic acids is 1. The average Bonchev–Trinajstić information content (AvgIpc) is 2.74. The van der Waals surface area contributed by atoms with Gasteiger partial charge in [-0.05, 0) is 37.1 Å². The number of benzene rings is 1. The zero-order valence-electron chi connectivity index (χ0n) is 11.1. The van der Waals surface area contributed by atoms with Crippen LogP contribution in [0, 0.1) is 12.7 Å². The zero-order valence-corrected chi connectivity index (χ0v) is 11.1. The highest BCUT2D eigenvalue weighted by molar-refractivity contribution is 5.95. The Bertz CT molecular complexity index is 518. The summed E-state index contributed by atoms with van der Waals surface area (Å²) < 4.78 is 18.5. The molecule has 1 amide bonds. The first-order chi connectivity index (χ1) is 9.40. The standard InChI is InChI=1S/C14H16FNO4/c1-9-4-10(6-11(15)5-9)13(19)16-14(7-12(17)18)2-3-20-8-14/h4-6H,2-3,7-8H2,1H3,(H,16,19)(H,17,18). The van der Waals surface area contributed by atoms with Crippen LogP contribution in [0.4, 0.5) is 4.39 Å². The minimum atomic E-state index is -1.01. The Hall–Kier alpha value is -1.95. The van der Waals surface area contributed by atoms with Gasteiger partial charge in [0, 0.05) is 12.2 Å². The summed E-state index contributed by atoms with van der Waals surface area (Å²) >= 11 is 0. The van der Waals surface area contributed by atoms with Crippen LogP contribution in [0.2, 0.25) is 0 Å². The van der Waals surface area contributed by atoms with E-state index in [1.807, 2.05) is 0 Å². The van der Waals surface area contributed by atoms with Crippen LogP contribution in [0.5, 0.6) is 0 Å². The van der Waals surface area contributed by atoms with Crippen molar-refractivity contribution < 1.29 is 23.8 Å². The lowest BCUT2D eigenvalue weighted by Crippen LogP contribution is -2.50. The van der Waals surface area contributed by atoms with Crippen molar-refractivity contribution in [3.05, 3.63) is 35.1 Å². The first-order valence-corrected chi connectivity index (χ1v) is 6.29. The highest BCUT2D eigenvalue weighted by Crippen LogP contribution is 2.23. The van der Waals surface area contributed by atoms with Gasteiger partial charge in [0.2, 0.25) is 0 Å². The molecule has 0 saturated carbocycles. The normalized spacial score (nSPS) is 21.7. The van der Waals surface area contributed by atoms with Crippen molar-refractivity contribution in [2.45, 2.75) is 25.3 Å². The minimum absolute atomic E-state index is 0.152. The number of hydrogen-bond acceptors (Lipinski definition) is 3. The maximum atomic E-state index is 13.3. The van der Waals surface area contributed by atoms with E-state index in [4.69, 9.17) is 9.84 Å². The predicted octanol–water partition coefficient (Wildman–Crippen LogP) is 1.50. The third kappa shape index (κ3) is 3.33. The van der Waals surface area contributed by atoms with E-state index in [-0.39, 0.29) is 18.6 Å². The molecule has 0 aliphatic carbocycles. The number of aliphatic carboxylic acids is 1. The van der Waals surface area contributed by atoms with Gasteiger partial charge in [0.1, 0.15) is 5.82 Å². The molecule has 1 aromatic rings. The van der Waals surface area contributed by atoms with Crippen LogP contribution >= 0.6 is 0 Å². The van der Waals surface area contributed by atoms with Crippen molar-refractivity contribution >= 4 is 11.9 Å². The van der Waals surface area contributed by atoms with Gasteiger partial charge in [-0.25, -0.2) is 4.39 Å². The first kappa shape index (κ1) is 14.5. The van der Waals surface area contributed by atoms with Crippen molar-refractivity contribution in [1.82, 2.24) is 5.32 Å². The van der Waals surface area contributed by atoms with Gasteiger partial charge in [0.25, 0.3) is 5.91 Å². The molecule has 0 radical (unpaired) electrons. The fourth-order valence-electron chi connectivity index (χ4n) is 2.36. The van der Waals surface area contributed by atoms with Crippen molar-refractivity contribution in [2.24, 2.45) is 0 Å². The van der Waals surface area contributed by atoms with E-state index in [0.717, 1.165) is 6.07 Å². The fraction of sp³-hybridized carbons (Fsp3) is 0.429. The van der Waals surface area contributed by atoms with Gasteiger partial charge in [-0.3, -0.25) is 9.59 Å². The topological polar surface area (TPSA) is 75.6 Å². The van der Waals surface area contributed by atoms with Crippen LogP contribution in [-0.2, 0) is 9.53 Å². The number of rotatable bonds is 4. The molecule has 6 heteroatoms. The number of hydrogen-bond donors (Lipinski definition) is 2. The van der Waals surface area contributed by atoms with E-state index >= 15 is 0 Å². The quantitative estimate of drug-likeness (QED) is 0.877. The SMILES string of the molecule is Cc1cc(F)cc(C(=O)NC2(CC(=O)O)CCOC2)c1. The molecule has 1 fully saturated rings. The smallest absolute Gasteiger partial charge is 0.305 e. The largest absolute Gasteiger partial charge is 0.481 e. The van der Waals surface area contributed by atoms with Crippen molar-refractivity contribution in [3.8, 4) is 0 Å². The molecular weight excluding hydrogens is 265 g/mol. The number of carbonyl (C=O) groups is 2. The molecular formula is C14H16FNO4. The van der Waals surface area contributed by atoms with E-state index in [0.29, 0.717) is 18.6 Å². The van der Waals surface area contributed by atoms with Crippen molar-refractivity contribution in [2.75, 3.05) is 13.2 Å². The van der Waals surface area contributed by atoms with Gasteiger partial charge in [-0.2, -0.15) is 0 Å². The van der Waals surface area contributed by atoms with Gasteiger partial charge < -0.3 is 15.2 Å². The van der Waals surface area contributed by atoms with E-state index in [9.17, 15) is 14.0 Å². The minimum Gasteiger partial charge on any atom is -0.481 e. The summed E-state index contributed by atoms with van der Waals surface area (Å²) in [5, 5.41) is 11.6. The third-order valence-corrected chi connectivity index (χ3v) is 3.28. The molecule has 2 rings (SSSR count). The molecule has 2 N–H and O–H groups in total. The Balaban J connectivity index is 2.18. The van der Waals surface area contributed by atoms with Gasteiger partial charge in [0.15, 0.2) is 0 Å². The number of carboxylic acid groups (broad SMARTS) is 1. The molecule has 1 aromatic carbocycles. The summed E-state index contributed by atoms with van der Waals surface area (Å²) in [5.41, 5.74) is -0.104. The van der Waals surface area contributed by atoms with Crippen LogP contribution in [0.3, 0.4) is 0 Å². The number of carbonyl (C=O) groups excluding carboxylic acids is 1. The Labute approximate surface area is 115 Å². The maximum Gasteiger partial charge on any atom is 0.305 e. The van der Waals surface area contributed by atoms with E-state index < -0.39 is 23.2 Å². The molecule has 1 unspecified atom stereocenters. The highest BCUT2D eigenvalue weighted by Gasteiger charge is 2.38. The zero-order chi connectivity index (χ0) is 14.8. The van der Waals surface area contributed by atoms with Gasteiger partial charge >= 0.3 is 5.97 Å². The molecule has 108 valence electrons. The number of nitrogens with one attached hydrogen (secondary N) is 1. The number of ether oxygens (including phenoxy) is 1. The molecule has 0 bridgehead atoms. The lowest BCUT2D eigenvalue weighted by molar-refractivity contribution is -0.138. The Morgan fingerprint density at radius 3 is 2.75 bits per heavy atom. The van der Waals surface area contributed by atoms with E-state index in [2.05, 4.69) is 5.32 Å². The summed E-state index contributed by atoms with van der Waals surface area (Å²) in [6.45, 7) is 2.24. The predicted molar refractivity (Wildman–Crippen MR) is 69.0 cm³/mol. The monoisotopic (exact) mass is 281 g/mol. The van der Waals surface area contributed by atoms with Gasteiger partial charge in [0.05, 0.1) is 18.6 Å². The molecule has 1 aliphatic heterocycles. The second-order valence-corrected chi connectivity index (χ2v) is 5.12. The number of halogens is 1. The summed E-state index contributed by atoms with van der Waals surface area (Å²) in [6.07, 6.45) is 0.215. The maximum absolute atomic E-state index is 13.3. The molecule has 1 atom stereocenters. The summed E-state index contributed by atoms with van der Waals surface area (Å²) in [4.78, 5) is 23.1. The van der Waals surface area contributed by atoms with Crippen LogP contribution in [0.15, 0.2) is 18.2 Å². The Kier molecular flexibility index (Phi) is 4.04. The lowest BCUT2D eigenvalue weighted by atomic mass is 9.93. The van der Waals surface area contributed by atoms with E-state index in [1.165, 1.54) is 6.07 Å². The summed E-state index contributed by atoms with van der Waals surface area (Å²) in [6, 6.07) is 4.01. The summed E-state index contributed by atoms with van der Waals surface area (Å²) in [7, 11) is 0. The Morgan fingerprint density at radius 1 is 1.45 bits per heavy atom. The lowest BCUT2D eigenvalue weighted by Gasteiger charge is -2.27. The second-order valence-electron chi connectivity index (χ2n) is 5.12. The average molecular weight is 281 g/mol. The fourth-order valence-corrected chi connectivity index (χ4v) is 2.36. The van der Waals surface area contributed by atoms with Crippen LogP contribution in [0.1, 0.15) is 28.8 Å². The first-order valence-electron chi connectivity index (χ1n) is 6.29. The third-order valence-electron chi connectivity index (χ3n) is 3.28. The molecule has 0 spiro atoms. The molecule has 1 saturated heterocycles. The van der Waals surface area contributed by atoms with E-state index in [1.54, 1.807) is 13.0 Å². The number of aryl methyl sites for hydroxylation is 1.